The van der Waals surface area contributed by atoms with E-state index >= 15 is 0 Å². The SMILES string of the molecule is C1COC(CCN2CCC3CCCCC3C2)OC1. The summed E-state index contributed by atoms with van der Waals surface area (Å²) >= 11 is 0. The van der Waals surface area contributed by atoms with Crippen LogP contribution in [0.4, 0.5) is 0 Å². The van der Waals surface area contributed by atoms with Crippen molar-refractivity contribution in [2.75, 3.05) is 32.8 Å². The van der Waals surface area contributed by atoms with E-state index in [0.717, 1.165) is 44.4 Å². The Morgan fingerprint density at radius 3 is 2.50 bits per heavy atom. The fourth-order valence-electron chi connectivity index (χ4n) is 3.87. The molecule has 2 heterocycles. The van der Waals surface area contributed by atoms with Crippen LogP contribution in [0.25, 0.3) is 0 Å². The first-order valence-electron chi connectivity index (χ1n) is 7.87. The van der Waals surface area contributed by atoms with Gasteiger partial charge in [-0.05, 0) is 37.6 Å². The zero-order valence-electron chi connectivity index (χ0n) is 11.5. The van der Waals surface area contributed by atoms with Crippen LogP contribution in [-0.2, 0) is 9.47 Å². The fraction of sp³-hybridized carbons (Fsp3) is 1.00. The van der Waals surface area contributed by atoms with E-state index in [0.29, 0.717) is 0 Å². The van der Waals surface area contributed by atoms with Crippen molar-refractivity contribution in [2.45, 2.75) is 51.2 Å². The quantitative estimate of drug-likeness (QED) is 0.772. The van der Waals surface area contributed by atoms with Crippen LogP contribution in [0, 0.1) is 11.8 Å². The Morgan fingerprint density at radius 2 is 1.67 bits per heavy atom. The monoisotopic (exact) mass is 253 g/mol. The topological polar surface area (TPSA) is 21.7 Å². The zero-order chi connectivity index (χ0) is 12.2. The third-order valence-electron chi connectivity index (χ3n) is 4.95. The number of nitrogens with zero attached hydrogens (tertiary/aromatic N) is 1. The molecule has 3 fully saturated rings. The van der Waals surface area contributed by atoms with Crippen molar-refractivity contribution in [2.24, 2.45) is 11.8 Å². The standard InChI is InChI=1S/C15H27NO2/c1-2-5-14-12-16(8-6-13(14)4-1)9-7-15-17-10-3-11-18-15/h13-15H,1-12H2. The molecule has 1 saturated carbocycles. The molecule has 3 aliphatic rings. The van der Waals surface area contributed by atoms with Crippen molar-refractivity contribution in [3.8, 4) is 0 Å². The second kappa shape index (κ2) is 6.36. The van der Waals surface area contributed by atoms with Crippen LogP contribution >= 0.6 is 0 Å². The molecule has 0 aromatic rings. The first-order chi connectivity index (χ1) is 8.92. The average Bonchev–Trinajstić information content (AvgIpc) is 2.46. The predicted molar refractivity (Wildman–Crippen MR) is 71.4 cm³/mol. The number of hydrogen-bond acceptors (Lipinski definition) is 3. The summed E-state index contributed by atoms with van der Waals surface area (Å²) in [5, 5.41) is 0. The Balaban J connectivity index is 1.40. The maximum absolute atomic E-state index is 5.63. The van der Waals surface area contributed by atoms with E-state index in [9.17, 15) is 0 Å². The van der Waals surface area contributed by atoms with Crippen molar-refractivity contribution in [1.82, 2.24) is 4.90 Å². The van der Waals surface area contributed by atoms with Crippen molar-refractivity contribution in [3.63, 3.8) is 0 Å². The third kappa shape index (κ3) is 3.25. The van der Waals surface area contributed by atoms with E-state index in [1.165, 1.54) is 45.2 Å². The highest BCUT2D eigenvalue weighted by Crippen LogP contribution is 2.36. The Bertz CT molecular complexity index is 253. The Morgan fingerprint density at radius 1 is 0.889 bits per heavy atom. The summed E-state index contributed by atoms with van der Waals surface area (Å²) in [4.78, 5) is 2.65. The summed E-state index contributed by atoms with van der Waals surface area (Å²) in [5.74, 6) is 2.03. The van der Waals surface area contributed by atoms with Crippen LogP contribution < -0.4 is 0 Å². The van der Waals surface area contributed by atoms with Crippen LogP contribution in [0.5, 0.6) is 0 Å². The van der Waals surface area contributed by atoms with Gasteiger partial charge < -0.3 is 14.4 Å². The van der Waals surface area contributed by atoms with Crippen LogP contribution in [0.2, 0.25) is 0 Å². The van der Waals surface area contributed by atoms with Gasteiger partial charge in [0.25, 0.3) is 0 Å². The molecule has 2 aliphatic heterocycles. The lowest BCUT2D eigenvalue weighted by molar-refractivity contribution is -0.183. The highest BCUT2D eigenvalue weighted by Gasteiger charge is 2.31. The van der Waals surface area contributed by atoms with Gasteiger partial charge in [-0.1, -0.05) is 19.3 Å². The number of piperidine rings is 1. The second-order valence-corrected chi connectivity index (χ2v) is 6.21. The van der Waals surface area contributed by atoms with Crippen molar-refractivity contribution >= 4 is 0 Å². The molecular formula is C15H27NO2. The first kappa shape index (κ1) is 12.9. The van der Waals surface area contributed by atoms with E-state index in [-0.39, 0.29) is 6.29 Å². The number of hydrogen-bond donors (Lipinski definition) is 0. The van der Waals surface area contributed by atoms with Gasteiger partial charge in [-0.3, -0.25) is 0 Å². The minimum Gasteiger partial charge on any atom is -0.353 e. The molecule has 3 heteroatoms. The lowest BCUT2D eigenvalue weighted by Gasteiger charge is -2.41. The van der Waals surface area contributed by atoms with E-state index in [2.05, 4.69) is 4.90 Å². The summed E-state index contributed by atoms with van der Waals surface area (Å²) in [7, 11) is 0. The number of likely N-dealkylation sites (tertiary alicyclic amines) is 1. The number of fused-ring (bicyclic) bond motifs is 1. The Labute approximate surface area is 111 Å². The van der Waals surface area contributed by atoms with Crippen molar-refractivity contribution < 1.29 is 9.47 Å². The summed E-state index contributed by atoms with van der Waals surface area (Å²) in [6.45, 7) is 5.56. The molecule has 18 heavy (non-hydrogen) atoms. The van der Waals surface area contributed by atoms with Crippen LogP contribution in [0.15, 0.2) is 0 Å². The molecule has 0 bridgehead atoms. The van der Waals surface area contributed by atoms with Gasteiger partial charge in [-0.25, -0.2) is 0 Å². The maximum atomic E-state index is 5.63. The maximum Gasteiger partial charge on any atom is 0.158 e. The molecule has 2 unspecified atom stereocenters. The van der Waals surface area contributed by atoms with E-state index in [1.54, 1.807) is 0 Å². The van der Waals surface area contributed by atoms with E-state index < -0.39 is 0 Å². The predicted octanol–water partition coefficient (Wildman–Crippen LogP) is 2.65. The normalized spacial score (nSPS) is 35.3. The molecule has 3 rings (SSSR count). The molecule has 1 aliphatic carbocycles. The minimum atomic E-state index is 0.0721. The average molecular weight is 253 g/mol. The molecule has 0 radical (unpaired) electrons. The van der Waals surface area contributed by atoms with Gasteiger partial charge in [0, 0.05) is 19.5 Å². The van der Waals surface area contributed by atoms with Crippen LogP contribution in [-0.4, -0.2) is 44.0 Å². The molecule has 0 aromatic heterocycles. The molecule has 2 saturated heterocycles. The third-order valence-corrected chi connectivity index (χ3v) is 4.95. The summed E-state index contributed by atoms with van der Waals surface area (Å²) in [6.07, 6.45) is 9.51. The highest BCUT2D eigenvalue weighted by atomic mass is 16.7. The molecule has 104 valence electrons. The van der Waals surface area contributed by atoms with Gasteiger partial charge in [-0.2, -0.15) is 0 Å². The van der Waals surface area contributed by atoms with Crippen molar-refractivity contribution in [3.05, 3.63) is 0 Å². The molecule has 0 N–H and O–H groups in total. The lowest BCUT2D eigenvalue weighted by Crippen LogP contribution is -2.43. The van der Waals surface area contributed by atoms with E-state index in [1.807, 2.05) is 0 Å². The minimum absolute atomic E-state index is 0.0721. The summed E-state index contributed by atoms with van der Waals surface area (Å²) < 4.78 is 11.3. The number of ether oxygens (including phenoxy) is 2. The first-order valence-corrected chi connectivity index (χ1v) is 7.87. The Hall–Kier alpha value is -0.120. The molecule has 0 amide bonds. The molecule has 0 spiro atoms. The van der Waals surface area contributed by atoms with Gasteiger partial charge in [0.2, 0.25) is 0 Å². The zero-order valence-corrected chi connectivity index (χ0v) is 11.5. The summed E-state index contributed by atoms with van der Waals surface area (Å²) in [6, 6.07) is 0. The Kier molecular flexibility index (Phi) is 4.55. The van der Waals surface area contributed by atoms with Gasteiger partial charge in [0.1, 0.15) is 0 Å². The lowest BCUT2D eigenvalue weighted by atomic mass is 9.75. The molecule has 3 nitrogen and oxygen atoms in total. The highest BCUT2D eigenvalue weighted by molar-refractivity contribution is 4.83. The summed E-state index contributed by atoms with van der Waals surface area (Å²) in [5.41, 5.74) is 0. The molecule has 0 aromatic carbocycles. The smallest absolute Gasteiger partial charge is 0.158 e. The largest absolute Gasteiger partial charge is 0.353 e. The van der Waals surface area contributed by atoms with Gasteiger partial charge in [-0.15, -0.1) is 0 Å². The van der Waals surface area contributed by atoms with Crippen LogP contribution in [0.3, 0.4) is 0 Å². The fourth-order valence-corrected chi connectivity index (χ4v) is 3.87. The van der Waals surface area contributed by atoms with Gasteiger partial charge in [0.15, 0.2) is 6.29 Å². The van der Waals surface area contributed by atoms with E-state index in [4.69, 9.17) is 9.47 Å². The van der Waals surface area contributed by atoms with Crippen LogP contribution in [0.1, 0.15) is 44.9 Å². The van der Waals surface area contributed by atoms with Gasteiger partial charge >= 0.3 is 0 Å². The number of rotatable bonds is 3. The second-order valence-electron chi connectivity index (χ2n) is 6.21. The molecule has 2 atom stereocenters. The molecular weight excluding hydrogens is 226 g/mol. The van der Waals surface area contributed by atoms with Gasteiger partial charge in [0.05, 0.1) is 13.2 Å². The van der Waals surface area contributed by atoms with Crippen molar-refractivity contribution in [1.29, 1.82) is 0 Å².